The molecule has 0 spiro atoms. The number of urea groups is 1. The lowest BCUT2D eigenvalue weighted by atomic mass is 9.92. The lowest BCUT2D eigenvalue weighted by molar-refractivity contribution is 0.184. The van der Waals surface area contributed by atoms with Crippen LogP contribution in [0.25, 0.3) is 11.2 Å². The first-order chi connectivity index (χ1) is 17.1. The molecule has 5 N–H and O–H groups in total. The Morgan fingerprint density at radius 2 is 1.74 bits per heavy atom. The van der Waals surface area contributed by atoms with Crippen LogP contribution in [0.15, 0.2) is 19.0 Å². The first kappa shape index (κ1) is 23.8. The molecule has 0 bridgehead atoms. The minimum absolute atomic E-state index is 0.0261. The molecular formula is C25H39N9O. The van der Waals surface area contributed by atoms with Crippen LogP contribution < -0.4 is 21.7 Å². The van der Waals surface area contributed by atoms with Gasteiger partial charge >= 0.3 is 6.03 Å². The molecule has 2 aliphatic carbocycles. The lowest BCUT2D eigenvalue weighted by Gasteiger charge is -2.32. The first-order valence-electron chi connectivity index (χ1n) is 13.3. The fourth-order valence-electron chi connectivity index (χ4n) is 5.67. The van der Waals surface area contributed by atoms with E-state index in [1.54, 1.807) is 6.08 Å². The molecule has 3 fully saturated rings. The number of carbonyl (C=O) groups excluding carboxylic acids is 1. The molecule has 2 aromatic rings. The van der Waals surface area contributed by atoms with Crippen molar-refractivity contribution in [3.63, 3.8) is 0 Å². The minimum atomic E-state index is -0.0261. The van der Waals surface area contributed by atoms with Gasteiger partial charge in [-0.15, -0.1) is 6.58 Å². The number of amides is 2. The summed E-state index contributed by atoms with van der Waals surface area (Å²) in [5.74, 6) is 1.46. The third-order valence-corrected chi connectivity index (χ3v) is 7.77. The quantitative estimate of drug-likeness (QED) is 0.447. The highest BCUT2D eigenvalue weighted by molar-refractivity contribution is 5.84. The van der Waals surface area contributed by atoms with E-state index in [2.05, 4.69) is 27.1 Å². The maximum absolute atomic E-state index is 12.3. The van der Waals surface area contributed by atoms with Crippen LogP contribution in [0.1, 0.15) is 70.3 Å². The van der Waals surface area contributed by atoms with Gasteiger partial charge in [-0.2, -0.15) is 9.97 Å². The molecule has 0 atom stereocenters. The summed E-state index contributed by atoms with van der Waals surface area (Å²) in [5.41, 5.74) is 7.85. The van der Waals surface area contributed by atoms with Gasteiger partial charge in [-0.25, -0.2) is 9.78 Å². The van der Waals surface area contributed by atoms with Crippen molar-refractivity contribution < 1.29 is 4.79 Å². The zero-order valence-electron chi connectivity index (χ0n) is 20.6. The highest BCUT2D eigenvalue weighted by atomic mass is 16.2. The van der Waals surface area contributed by atoms with E-state index in [0.29, 0.717) is 43.7 Å². The smallest absolute Gasteiger partial charge is 0.317 e. The Labute approximate surface area is 207 Å². The zero-order chi connectivity index (χ0) is 24.2. The van der Waals surface area contributed by atoms with Gasteiger partial charge in [0.1, 0.15) is 0 Å². The lowest BCUT2D eigenvalue weighted by Crippen LogP contribution is -2.47. The van der Waals surface area contributed by atoms with Crippen molar-refractivity contribution in [1.29, 1.82) is 0 Å². The number of hydrogen-bond acceptors (Lipinski definition) is 7. The molecule has 1 saturated heterocycles. The number of rotatable bonds is 7. The van der Waals surface area contributed by atoms with E-state index in [-0.39, 0.29) is 12.1 Å². The van der Waals surface area contributed by atoms with Crippen LogP contribution in [0.5, 0.6) is 0 Å². The molecule has 3 heterocycles. The Kier molecular flexibility index (Phi) is 7.36. The van der Waals surface area contributed by atoms with E-state index in [9.17, 15) is 4.79 Å². The van der Waals surface area contributed by atoms with E-state index in [1.165, 1.54) is 25.7 Å². The van der Waals surface area contributed by atoms with Crippen LogP contribution >= 0.6 is 0 Å². The van der Waals surface area contributed by atoms with Gasteiger partial charge in [-0.05, 0) is 51.4 Å². The van der Waals surface area contributed by atoms with Crippen molar-refractivity contribution in [2.75, 3.05) is 30.3 Å². The van der Waals surface area contributed by atoms with Gasteiger partial charge in [0.15, 0.2) is 17.0 Å². The number of carbonyl (C=O) groups is 1. The molecule has 2 saturated carbocycles. The molecule has 0 aromatic carbocycles. The summed E-state index contributed by atoms with van der Waals surface area (Å²) < 4.78 is 2.25. The minimum Gasteiger partial charge on any atom is -0.365 e. The Morgan fingerprint density at radius 1 is 1.03 bits per heavy atom. The molecule has 35 heavy (non-hydrogen) atoms. The summed E-state index contributed by atoms with van der Waals surface area (Å²) in [6.07, 6.45) is 14.4. The molecule has 3 aliphatic rings. The topological polar surface area (TPSA) is 126 Å². The average Bonchev–Trinajstić information content (AvgIpc) is 3.54. The number of anilines is 2. The van der Waals surface area contributed by atoms with E-state index >= 15 is 0 Å². The second kappa shape index (κ2) is 10.8. The highest BCUT2D eigenvalue weighted by Crippen LogP contribution is 2.33. The molecule has 190 valence electrons. The molecule has 10 heteroatoms. The number of fused-ring (bicyclic) bond motifs is 1. The molecule has 0 radical (unpaired) electrons. The van der Waals surface area contributed by atoms with Crippen molar-refractivity contribution in [2.24, 2.45) is 5.73 Å². The van der Waals surface area contributed by atoms with Crippen LogP contribution in [0.3, 0.4) is 0 Å². The monoisotopic (exact) mass is 481 g/mol. The number of hydrogen-bond donors (Lipinski definition) is 4. The first-order valence-corrected chi connectivity index (χ1v) is 13.3. The van der Waals surface area contributed by atoms with Gasteiger partial charge in [0, 0.05) is 43.8 Å². The van der Waals surface area contributed by atoms with Crippen molar-refractivity contribution in [1.82, 2.24) is 29.7 Å². The van der Waals surface area contributed by atoms with E-state index in [4.69, 9.17) is 20.7 Å². The van der Waals surface area contributed by atoms with Crippen LogP contribution in [-0.4, -0.2) is 68.2 Å². The average molecular weight is 482 g/mol. The SMILES string of the molecule is C=CCNC(=O)N1CCC(Nc2nc(N[C@H]3CC[C@H](N)CC3)nc3c2ncn3C2CCCC2)CC1. The second-order valence-corrected chi connectivity index (χ2v) is 10.3. The van der Waals surface area contributed by atoms with Crippen LogP contribution in [-0.2, 0) is 0 Å². The standard InChI is InChI=1S/C25H39N9O/c1-2-13-27-25(35)33-14-11-19(12-15-33)29-22-21-23(34(16-28-21)20-5-3-4-6-20)32-24(31-22)30-18-9-7-17(26)8-10-18/h2,16-20H,1,3-15,26H2,(H,27,35)(H2,29,30,31,32)/t17-,18-. The second-order valence-electron chi connectivity index (χ2n) is 10.3. The van der Waals surface area contributed by atoms with Gasteiger partial charge < -0.3 is 31.2 Å². The summed E-state index contributed by atoms with van der Waals surface area (Å²) in [4.78, 5) is 28.7. The number of nitrogens with zero attached hydrogens (tertiary/aromatic N) is 5. The third kappa shape index (κ3) is 5.52. The fourth-order valence-corrected chi connectivity index (χ4v) is 5.67. The predicted octanol–water partition coefficient (Wildman–Crippen LogP) is 3.40. The Bertz CT molecular complexity index is 1020. The Morgan fingerprint density at radius 3 is 2.46 bits per heavy atom. The zero-order valence-corrected chi connectivity index (χ0v) is 20.6. The Balaban J connectivity index is 1.33. The van der Waals surface area contributed by atoms with Crippen LogP contribution in [0.4, 0.5) is 16.6 Å². The molecule has 10 nitrogen and oxygen atoms in total. The predicted molar refractivity (Wildman–Crippen MR) is 138 cm³/mol. The molecule has 5 rings (SSSR count). The van der Waals surface area contributed by atoms with Gasteiger partial charge in [-0.1, -0.05) is 18.9 Å². The van der Waals surface area contributed by atoms with Crippen molar-refractivity contribution in [2.45, 2.75) is 88.4 Å². The number of piperidine rings is 1. The van der Waals surface area contributed by atoms with Crippen molar-refractivity contribution in [3.8, 4) is 0 Å². The largest absolute Gasteiger partial charge is 0.365 e. The normalized spacial score (nSPS) is 24.0. The summed E-state index contributed by atoms with van der Waals surface area (Å²) in [7, 11) is 0. The number of imidazole rings is 1. The van der Waals surface area contributed by atoms with Gasteiger partial charge in [0.2, 0.25) is 5.95 Å². The molecule has 0 unspecified atom stereocenters. The number of aromatic nitrogens is 4. The van der Waals surface area contributed by atoms with E-state index in [1.807, 2.05) is 11.2 Å². The molecule has 2 amide bonds. The molecule has 2 aromatic heterocycles. The maximum atomic E-state index is 12.3. The van der Waals surface area contributed by atoms with Crippen LogP contribution in [0.2, 0.25) is 0 Å². The van der Waals surface area contributed by atoms with Crippen LogP contribution in [0, 0.1) is 0 Å². The summed E-state index contributed by atoms with van der Waals surface area (Å²) in [6.45, 7) is 5.56. The number of nitrogens with one attached hydrogen (secondary N) is 3. The molecular weight excluding hydrogens is 442 g/mol. The fraction of sp³-hybridized carbons (Fsp3) is 0.680. The van der Waals surface area contributed by atoms with Crippen molar-refractivity contribution >= 4 is 29.0 Å². The number of nitrogens with two attached hydrogens (primary N) is 1. The summed E-state index contributed by atoms with van der Waals surface area (Å²) in [6, 6.07) is 1.32. The third-order valence-electron chi connectivity index (χ3n) is 7.77. The van der Waals surface area contributed by atoms with E-state index in [0.717, 1.165) is 55.5 Å². The Hall–Kier alpha value is -2.88. The summed E-state index contributed by atoms with van der Waals surface area (Å²) >= 11 is 0. The van der Waals surface area contributed by atoms with Crippen molar-refractivity contribution in [3.05, 3.63) is 19.0 Å². The maximum Gasteiger partial charge on any atom is 0.317 e. The number of likely N-dealkylation sites (tertiary alicyclic amines) is 1. The van der Waals surface area contributed by atoms with Gasteiger partial charge in [0.25, 0.3) is 0 Å². The molecule has 1 aliphatic heterocycles. The summed E-state index contributed by atoms with van der Waals surface area (Å²) in [5, 5.41) is 10.1. The van der Waals surface area contributed by atoms with Gasteiger partial charge in [-0.3, -0.25) is 0 Å². The van der Waals surface area contributed by atoms with Gasteiger partial charge in [0.05, 0.1) is 6.33 Å². The highest BCUT2D eigenvalue weighted by Gasteiger charge is 2.27. The van der Waals surface area contributed by atoms with E-state index < -0.39 is 0 Å².